The third kappa shape index (κ3) is 4.33. The van der Waals surface area contributed by atoms with Crippen LogP contribution in [0.25, 0.3) is 11.4 Å². The van der Waals surface area contributed by atoms with Crippen LogP contribution in [0.3, 0.4) is 0 Å². The molecule has 0 saturated heterocycles. The number of thioether (sulfide) groups is 1. The lowest BCUT2D eigenvalue weighted by atomic mass is 10.0. The van der Waals surface area contributed by atoms with Crippen molar-refractivity contribution in [1.29, 1.82) is 0 Å². The van der Waals surface area contributed by atoms with Gasteiger partial charge in [-0.05, 0) is 36.6 Å². The Bertz CT molecular complexity index is 988. The van der Waals surface area contributed by atoms with Gasteiger partial charge in [-0.15, -0.1) is 10.2 Å². The van der Waals surface area contributed by atoms with Gasteiger partial charge in [0.1, 0.15) is 5.82 Å². The molecular formula is C20H22FN5OS. The van der Waals surface area contributed by atoms with Gasteiger partial charge < -0.3 is 11.2 Å². The van der Waals surface area contributed by atoms with E-state index in [-0.39, 0.29) is 11.7 Å². The Morgan fingerprint density at radius 2 is 1.89 bits per heavy atom. The van der Waals surface area contributed by atoms with Gasteiger partial charge in [-0.2, -0.15) is 0 Å². The number of anilines is 1. The molecule has 8 heteroatoms. The van der Waals surface area contributed by atoms with Crippen LogP contribution in [0.15, 0.2) is 53.7 Å². The molecule has 0 unspecified atom stereocenters. The van der Waals surface area contributed by atoms with Gasteiger partial charge in [0, 0.05) is 11.3 Å². The predicted molar refractivity (Wildman–Crippen MR) is 110 cm³/mol. The molecule has 0 aliphatic rings. The van der Waals surface area contributed by atoms with E-state index in [2.05, 4.69) is 29.4 Å². The molecule has 0 saturated carbocycles. The molecule has 146 valence electrons. The summed E-state index contributed by atoms with van der Waals surface area (Å²) in [5.74, 6) is 6.15. The minimum atomic E-state index is -0.452. The summed E-state index contributed by atoms with van der Waals surface area (Å²) in [5.41, 5.74) is 2.39. The Labute approximate surface area is 167 Å². The normalized spacial score (nSPS) is 12.2. The molecule has 6 nitrogen and oxygen atoms in total. The maximum Gasteiger partial charge on any atom is 0.237 e. The number of benzene rings is 2. The van der Waals surface area contributed by atoms with E-state index in [0.29, 0.717) is 22.5 Å². The molecule has 28 heavy (non-hydrogen) atoms. The van der Waals surface area contributed by atoms with Crippen LogP contribution in [0.5, 0.6) is 0 Å². The summed E-state index contributed by atoms with van der Waals surface area (Å²) in [4.78, 5) is 12.6. The molecule has 3 aromatic rings. The Hall–Kier alpha value is -2.87. The number of nitrogen functional groups attached to an aromatic ring is 1. The van der Waals surface area contributed by atoms with Crippen molar-refractivity contribution in [3.05, 3.63) is 59.9 Å². The molecule has 0 aliphatic heterocycles. The van der Waals surface area contributed by atoms with Gasteiger partial charge in [0.2, 0.25) is 11.1 Å². The van der Waals surface area contributed by atoms with Gasteiger partial charge in [0.25, 0.3) is 0 Å². The van der Waals surface area contributed by atoms with E-state index in [4.69, 9.17) is 5.84 Å². The average molecular weight is 399 g/mol. The number of nitrogens with one attached hydrogen (secondary N) is 1. The van der Waals surface area contributed by atoms with Crippen LogP contribution in [0.2, 0.25) is 0 Å². The first-order valence-corrected chi connectivity index (χ1v) is 9.77. The van der Waals surface area contributed by atoms with Gasteiger partial charge in [-0.25, -0.2) is 9.07 Å². The maximum absolute atomic E-state index is 13.4. The summed E-state index contributed by atoms with van der Waals surface area (Å²) in [7, 11) is 0. The molecule has 1 aromatic heterocycles. The largest absolute Gasteiger partial charge is 0.335 e. The van der Waals surface area contributed by atoms with Crippen molar-refractivity contribution in [3.8, 4) is 11.4 Å². The van der Waals surface area contributed by atoms with E-state index < -0.39 is 5.25 Å². The standard InChI is InChI=1S/C20H22FN5OS/c1-12(2)16-9-4-5-10-17(16)23-19(27)13(3)28-20-25-24-18(26(20)22)14-7-6-8-15(21)11-14/h4-13H,22H2,1-3H3,(H,23,27)/t13-/m1/s1. The molecule has 2 aromatic carbocycles. The highest BCUT2D eigenvalue weighted by Gasteiger charge is 2.21. The van der Waals surface area contributed by atoms with Crippen molar-refractivity contribution in [2.45, 2.75) is 37.1 Å². The lowest BCUT2D eigenvalue weighted by molar-refractivity contribution is -0.115. The molecule has 3 N–H and O–H groups in total. The number of amides is 1. The average Bonchev–Trinajstić information content (AvgIpc) is 3.02. The molecule has 0 bridgehead atoms. The molecule has 1 amide bonds. The first kappa shape index (κ1) is 19.9. The van der Waals surface area contributed by atoms with Gasteiger partial charge in [0.15, 0.2) is 5.82 Å². The van der Waals surface area contributed by atoms with E-state index in [1.54, 1.807) is 19.1 Å². The fourth-order valence-corrected chi connectivity index (χ4v) is 3.51. The Kier molecular flexibility index (Phi) is 5.99. The Morgan fingerprint density at radius 1 is 1.14 bits per heavy atom. The van der Waals surface area contributed by atoms with Crippen LogP contribution in [0.1, 0.15) is 32.3 Å². The van der Waals surface area contributed by atoms with E-state index in [1.165, 1.54) is 28.6 Å². The molecule has 0 aliphatic carbocycles. The van der Waals surface area contributed by atoms with E-state index in [9.17, 15) is 9.18 Å². The van der Waals surface area contributed by atoms with Crippen LogP contribution < -0.4 is 11.2 Å². The van der Waals surface area contributed by atoms with Crippen molar-refractivity contribution in [1.82, 2.24) is 14.9 Å². The van der Waals surface area contributed by atoms with Gasteiger partial charge >= 0.3 is 0 Å². The van der Waals surface area contributed by atoms with Crippen molar-refractivity contribution in [2.75, 3.05) is 11.2 Å². The Balaban J connectivity index is 1.73. The number of hydrogen-bond donors (Lipinski definition) is 2. The summed E-state index contributed by atoms with van der Waals surface area (Å²) in [6.45, 7) is 5.93. The summed E-state index contributed by atoms with van der Waals surface area (Å²) in [6, 6.07) is 13.7. The smallest absolute Gasteiger partial charge is 0.237 e. The van der Waals surface area contributed by atoms with E-state index in [0.717, 1.165) is 11.3 Å². The van der Waals surface area contributed by atoms with Crippen LogP contribution >= 0.6 is 11.8 Å². The summed E-state index contributed by atoms with van der Waals surface area (Å²) in [6.07, 6.45) is 0. The fourth-order valence-electron chi connectivity index (χ4n) is 2.74. The number of aromatic nitrogens is 3. The fraction of sp³-hybridized carbons (Fsp3) is 0.250. The molecule has 1 atom stereocenters. The van der Waals surface area contributed by atoms with Crippen molar-refractivity contribution < 1.29 is 9.18 Å². The third-order valence-electron chi connectivity index (χ3n) is 4.24. The van der Waals surface area contributed by atoms with Crippen molar-refractivity contribution >= 4 is 23.4 Å². The highest BCUT2D eigenvalue weighted by Crippen LogP contribution is 2.28. The first-order valence-electron chi connectivity index (χ1n) is 8.89. The first-order chi connectivity index (χ1) is 13.4. The van der Waals surface area contributed by atoms with Crippen LogP contribution in [0, 0.1) is 5.82 Å². The summed E-state index contributed by atoms with van der Waals surface area (Å²) >= 11 is 1.19. The number of nitrogens with two attached hydrogens (primary N) is 1. The van der Waals surface area contributed by atoms with E-state index in [1.807, 2.05) is 24.3 Å². The zero-order valence-corrected chi connectivity index (χ0v) is 16.7. The highest BCUT2D eigenvalue weighted by atomic mass is 32.2. The van der Waals surface area contributed by atoms with Crippen LogP contribution in [0.4, 0.5) is 10.1 Å². The van der Waals surface area contributed by atoms with Crippen LogP contribution in [-0.4, -0.2) is 26.0 Å². The van der Waals surface area contributed by atoms with E-state index >= 15 is 0 Å². The number of carbonyl (C=O) groups is 1. The quantitative estimate of drug-likeness (QED) is 0.483. The van der Waals surface area contributed by atoms with Crippen molar-refractivity contribution in [2.24, 2.45) is 0 Å². The lowest BCUT2D eigenvalue weighted by Gasteiger charge is -2.16. The number of halogens is 1. The Morgan fingerprint density at radius 3 is 2.61 bits per heavy atom. The van der Waals surface area contributed by atoms with Crippen LogP contribution in [-0.2, 0) is 4.79 Å². The molecular weight excluding hydrogens is 377 g/mol. The molecule has 0 radical (unpaired) electrons. The minimum absolute atomic E-state index is 0.159. The van der Waals surface area contributed by atoms with Gasteiger partial charge in [-0.3, -0.25) is 4.79 Å². The number of hydrogen-bond acceptors (Lipinski definition) is 5. The molecule has 1 heterocycles. The second-order valence-corrected chi connectivity index (χ2v) is 7.99. The SMILES string of the molecule is CC(C)c1ccccc1NC(=O)[C@@H](C)Sc1nnc(-c2cccc(F)c2)n1N. The molecule has 3 rings (SSSR count). The number of nitrogens with zero attached hydrogens (tertiary/aromatic N) is 3. The van der Waals surface area contributed by atoms with Gasteiger partial charge in [0.05, 0.1) is 5.25 Å². The number of para-hydroxylation sites is 1. The number of carbonyl (C=O) groups excluding carboxylic acids is 1. The lowest BCUT2D eigenvalue weighted by Crippen LogP contribution is -2.24. The van der Waals surface area contributed by atoms with Gasteiger partial charge in [-0.1, -0.05) is 55.9 Å². The monoisotopic (exact) mass is 399 g/mol. The second kappa shape index (κ2) is 8.43. The predicted octanol–water partition coefficient (Wildman–Crippen LogP) is 4.04. The van der Waals surface area contributed by atoms with Crippen molar-refractivity contribution in [3.63, 3.8) is 0 Å². The zero-order valence-electron chi connectivity index (χ0n) is 15.9. The summed E-state index contributed by atoms with van der Waals surface area (Å²) in [5, 5.41) is 11.0. The third-order valence-corrected chi connectivity index (χ3v) is 5.30. The minimum Gasteiger partial charge on any atom is -0.335 e. The second-order valence-electron chi connectivity index (χ2n) is 6.68. The maximum atomic E-state index is 13.4. The zero-order chi connectivity index (χ0) is 20.3. The number of rotatable bonds is 6. The topological polar surface area (TPSA) is 85.8 Å². The summed E-state index contributed by atoms with van der Waals surface area (Å²) < 4.78 is 14.7. The molecule has 0 fully saturated rings. The molecule has 0 spiro atoms. The highest BCUT2D eigenvalue weighted by molar-refractivity contribution is 8.00.